The second-order valence-electron chi connectivity index (χ2n) is 6.11. The molecule has 2 aromatic rings. The van der Waals surface area contributed by atoms with Gasteiger partial charge in [0.2, 0.25) is 5.91 Å². The highest BCUT2D eigenvalue weighted by molar-refractivity contribution is 6.30. The summed E-state index contributed by atoms with van der Waals surface area (Å²) >= 11 is 6.01. The molecule has 6 heteroatoms. The average molecular weight is 317 g/mol. The molecule has 4 rings (SSSR count). The van der Waals surface area contributed by atoms with E-state index in [0.717, 1.165) is 22.8 Å². The molecule has 114 valence electrons. The van der Waals surface area contributed by atoms with E-state index >= 15 is 0 Å². The molecule has 0 spiro atoms. The van der Waals surface area contributed by atoms with Crippen LogP contribution in [0.5, 0.6) is 0 Å². The molecule has 2 atom stereocenters. The second kappa shape index (κ2) is 5.39. The van der Waals surface area contributed by atoms with Gasteiger partial charge in [0.05, 0.1) is 6.54 Å². The van der Waals surface area contributed by atoms with Gasteiger partial charge in [-0.2, -0.15) is 0 Å². The summed E-state index contributed by atoms with van der Waals surface area (Å²) in [5.74, 6) is 1.28. The predicted octanol–water partition coefficient (Wildman–Crippen LogP) is 2.69. The summed E-state index contributed by atoms with van der Waals surface area (Å²) in [6.45, 7) is 0.452. The molecule has 22 heavy (non-hydrogen) atoms. The maximum atomic E-state index is 12.3. The van der Waals surface area contributed by atoms with Gasteiger partial charge in [-0.25, -0.2) is 0 Å². The van der Waals surface area contributed by atoms with Gasteiger partial charge in [0.15, 0.2) is 5.82 Å². The number of hydrogen-bond donors (Lipinski definition) is 1. The minimum atomic E-state index is 0.0516. The lowest BCUT2D eigenvalue weighted by molar-refractivity contribution is -0.122. The van der Waals surface area contributed by atoms with Crippen molar-refractivity contribution in [3.05, 3.63) is 47.0 Å². The number of halogens is 1. The largest absolute Gasteiger partial charge is 0.349 e. The molecule has 2 aliphatic carbocycles. The Labute approximate surface area is 133 Å². The smallest absolute Gasteiger partial charge is 0.224 e. The van der Waals surface area contributed by atoms with Crippen LogP contribution in [0.2, 0.25) is 5.02 Å². The van der Waals surface area contributed by atoms with Crippen molar-refractivity contribution in [3.63, 3.8) is 0 Å². The molecule has 0 aliphatic heterocycles. The van der Waals surface area contributed by atoms with Crippen molar-refractivity contribution in [1.82, 2.24) is 20.1 Å². The number of carbonyl (C=O) groups is 1. The molecular weight excluding hydrogens is 300 g/mol. The van der Waals surface area contributed by atoms with Gasteiger partial charge in [-0.15, -0.1) is 10.2 Å². The minimum Gasteiger partial charge on any atom is -0.349 e. The van der Waals surface area contributed by atoms with Crippen molar-refractivity contribution >= 4 is 17.5 Å². The van der Waals surface area contributed by atoms with E-state index in [-0.39, 0.29) is 11.8 Å². The zero-order valence-corrected chi connectivity index (χ0v) is 12.8. The van der Waals surface area contributed by atoms with Gasteiger partial charge in [0.1, 0.15) is 6.33 Å². The third-order valence-electron chi connectivity index (χ3n) is 4.41. The zero-order chi connectivity index (χ0) is 15.1. The molecule has 2 saturated carbocycles. The van der Waals surface area contributed by atoms with Gasteiger partial charge >= 0.3 is 0 Å². The summed E-state index contributed by atoms with van der Waals surface area (Å²) < 4.78 is 2.07. The van der Waals surface area contributed by atoms with Crippen molar-refractivity contribution < 1.29 is 4.79 Å². The SMILES string of the molecule is O=C(NCc1nncn1C1CC1)[C@@H]1C[C@H]1c1cccc(Cl)c1. The number of carbonyl (C=O) groups excluding carboxylic acids is 1. The van der Waals surface area contributed by atoms with E-state index < -0.39 is 0 Å². The molecule has 0 bridgehead atoms. The Balaban J connectivity index is 1.35. The summed E-state index contributed by atoms with van der Waals surface area (Å²) in [7, 11) is 0. The first-order valence-corrected chi connectivity index (χ1v) is 8.02. The lowest BCUT2D eigenvalue weighted by Crippen LogP contribution is -2.26. The lowest BCUT2D eigenvalue weighted by Gasteiger charge is -2.07. The first-order chi connectivity index (χ1) is 10.7. The number of aromatic nitrogens is 3. The summed E-state index contributed by atoms with van der Waals surface area (Å²) in [6.07, 6.45) is 5.00. The van der Waals surface area contributed by atoms with Crippen molar-refractivity contribution in [1.29, 1.82) is 0 Å². The van der Waals surface area contributed by atoms with Gasteiger partial charge in [-0.1, -0.05) is 23.7 Å². The molecule has 1 N–H and O–H groups in total. The number of hydrogen-bond acceptors (Lipinski definition) is 3. The van der Waals surface area contributed by atoms with Gasteiger partial charge < -0.3 is 9.88 Å². The Morgan fingerprint density at radius 3 is 3.05 bits per heavy atom. The van der Waals surface area contributed by atoms with Gasteiger partial charge in [0.25, 0.3) is 0 Å². The predicted molar refractivity (Wildman–Crippen MR) is 82.4 cm³/mol. The normalized spacial score (nSPS) is 23.3. The van der Waals surface area contributed by atoms with E-state index in [2.05, 4.69) is 20.1 Å². The Bertz CT molecular complexity index is 710. The van der Waals surface area contributed by atoms with Crippen LogP contribution in [-0.4, -0.2) is 20.7 Å². The monoisotopic (exact) mass is 316 g/mol. The number of benzene rings is 1. The number of amides is 1. The number of nitrogens with zero attached hydrogens (tertiary/aromatic N) is 3. The first-order valence-electron chi connectivity index (χ1n) is 7.64. The van der Waals surface area contributed by atoms with Gasteiger partial charge in [-0.3, -0.25) is 4.79 Å². The van der Waals surface area contributed by atoms with Gasteiger partial charge in [-0.05, 0) is 42.9 Å². The molecule has 0 unspecified atom stereocenters. The number of rotatable bonds is 5. The van der Waals surface area contributed by atoms with Crippen LogP contribution in [0, 0.1) is 5.92 Å². The van der Waals surface area contributed by atoms with Crippen molar-refractivity contribution in [2.45, 2.75) is 37.8 Å². The van der Waals surface area contributed by atoms with E-state index in [0.29, 0.717) is 18.5 Å². The van der Waals surface area contributed by atoms with Crippen molar-refractivity contribution in [2.75, 3.05) is 0 Å². The van der Waals surface area contributed by atoms with Crippen molar-refractivity contribution in [3.8, 4) is 0 Å². The molecular formula is C16H17ClN4O. The Kier molecular flexibility index (Phi) is 3.37. The fourth-order valence-corrected chi connectivity index (χ4v) is 3.14. The molecule has 1 amide bonds. The summed E-state index contributed by atoms with van der Waals surface area (Å²) in [5, 5.41) is 11.8. The Morgan fingerprint density at radius 1 is 1.41 bits per heavy atom. The van der Waals surface area contributed by atoms with Gasteiger partial charge in [0, 0.05) is 17.0 Å². The van der Waals surface area contributed by atoms with Crippen LogP contribution in [-0.2, 0) is 11.3 Å². The zero-order valence-electron chi connectivity index (χ0n) is 12.1. The van der Waals surface area contributed by atoms with E-state index in [1.54, 1.807) is 6.33 Å². The summed E-state index contributed by atoms with van der Waals surface area (Å²) in [4.78, 5) is 12.3. The van der Waals surface area contributed by atoms with E-state index in [4.69, 9.17) is 11.6 Å². The summed E-state index contributed by atoms with van der Waals surface area (Å²) in [5.41, 5.74) is 1.15. The fraction of sp³-hybridized carbons (Fsp3) is 0.438. The van der Waals surface area contributed by atoms with Crippen LogP contribution in [0.1, 0.15) is 42.6 Å². The van der Waals surface area contributed by atoms with E-state index in [9.17, 15) is 4.79 Å². The molecule has 1 heterocycles. The standard InChI is InChI=1S/C16H17ClN4O/c17-11-3-1-2-10(6-11)13-7-14(13)16(22)18-8-15-20-19-9-21(15)12-4-5-12/h1-3,6,9,12-14H,4-5,7-8H2,(H,18,22)/t13-,14+/m0/s1. The molecule has 5 nitrogen and oxygen atoms in total. The first kappa shape index (κ1) is 13.8. The molecule has 1 aromatic carbocycles. The number of nitrogens with one attached hydrogen (secondary N) is 1. The molecule has 0 saturated heterocycles. The second-order valence-corrected chi connectivity index (χ2v) is 6.54. The maximum Gasteiger partial charge on any atom is 0.224 e. The molecule has 2 aliphatic rings. The van der Waals surface area contributed by atoms with Crippen LogP contribution in [0.15, 0.2) is 30.6 Å². The Hall–Kier alpha value is -1.88. The molecule has 1 aromatic heterocycles. The van der Waals surface area contributed by atoms with Crippen LogP contribution >= 0.6 is 11.6 Å². The highest BCUT2D eigenvalue weighted by atomic mass is 35.5. The topological polar surface area (TPSA) is 59.8 Å². The lowest BCUT2D eigenvalue weighted by atomic mass is 10.1. The molecule has 0 radical (unpaired) electrons. The highest BCUT2D eigenvalue weighted by Crippen LogP contribution is 2.48. The van der Waals surface area contributed by atoms with E-state index in [1.165, 1.54) is 12.8 Å². The fourth-order valence-electron chi connectivity index (χ4n) is 2.94. The quantitative estimate of drug-likeness (QED) is 0.922. The van der Waals surface area contributed by atoms with Crippen LogP contribution in [0.4, 0.5) is 0 Å². The third-order valence-corrected chi connectivity index (χ3v) is 4.65. The third kappa shape index (κ3) is 2.73. The highest BCUT2D eigenvalue weighted by Gasteiger charge is 2.43. The summed E-state index contributed by atoms with van der Waals surface area (Å²) in [6, 6.07) is 8.30. The minimum absolute atomic E-state index is 0.0516. The average Bonchev–Trinajstić information content (AvgIpc) is 3.43. The van der Waals surface area contributed by atoms with E-state index in [1.807, 2.05) is 24.3 Å². The van der Waals surface area contributed by atoms with Crippen molar-refractivity contribution in [2.24, 2.45) is 5.92 Å². The van der Waals surface area contributed by atoms with Crippen LogP contribution in [0.3, 0.4) is 0 Å². The Morgan fingerprint density at radius 2 is 2.27 bits per heavy atom. The maximum absolute atomic E-state index is 12.3. The van der Waals surface area contributed by atoms with Crippen LogP contribution in [0.25, 0.3) is 0 Å². The van der Waals surface area contributed by atoms with Crippen LogP contribution < -0.4 is 5.32 Å². The molecule has 2 fully saturated rings.